The number of rotatable bonds is 8. The fourth-order valence-electron chi connectivity index (χ4n) is 8.64. The lowest BCUT2D eigenvalue weighted by molar-refractivity contribution is 0.0649. The normalized spacial score (nSPS) is 16.3. The quantitative estimate of drug-likeness (QED) is 0.185. The number of anilines is 5. The van der Waals surface area contributed by atoms with E-state index in [4.69, 9.17) is 39.6 Å². The standard InChI is InChI=1S/C21H29FN6O3.C21H28FN5O4.C2H6/c1-24-21(29)27-7-4-17-14(12-27)20(25-28(17)13-5-8-31-9-6-13)26(2)18-11-19(30-3)16(23)10-15(18)22;1-13-16(22)11-18(20(23-13)29-3)25(2)19-15-12-26(21(28)30-4)8-5-17(15)27(24-19)14-6-9-31-10-7-14;1-2/h10-11,13H,4-9,12,23H2,1-3H3,(H,24,29);11,14H,5-10,12H2,1-4H3;1-2H3. The maximum absolute atomic E-state index is 14.9. The lowest BCUT2D eigenvalue weighted by Gasteiger charge is -2.30. The van der Waals surface area contributed by atoms with Gasteiger partial charge in [-0.1, -0.05) is 13.8 Å². The Labute approximate surface area is 373 Å². The fraction of sp³-hybridized carbons (Fsp3) is 0.568. The molecule has 0 spiro atoms. The minimum absolute atomic E-state index is 0.140. The van der Waals surface area contributed by atoms with E-state index in [2.05, 4.69) is 19.7 Å². The molecule has 1 aromatic carbocycles. The number of halogens is 2. The van der Waals surface area contributed by atoms with Gasteiger partial charge >= 0.3 is 12.1 Å². The molecule has 7 heterocycles. The summed E-state index contributed by atoms with van der Waals surface area (Å²) in [4.78, 5) is 35.6. The number of carbonyl (C=O) groups is 2. The summed E-state index contributed by atoms with van der Waals surface area (Å²) in [6.45, 7) is 10.3. The van der Waals surface area contributed by atoms with Crippen LogP contribution in [0.1, 0.15) is 79.8 Å². The predicted molar refractivity (Wildman–Crippen MR) is 238 cm³/mol. The molecule has 4 aliphatic rings. The van der Waals surface area contributed by atoms with Crippen molar-refractivity contribution in [2.24, 2.45) is 0 Å². The van der Waals surface area contributed by atoms with E-state index in [9.17, 15) is 18.4 Å². The number of amides is 3. The smallest absolute Gasteiger partial charge is 0.409 e. The molecule has 3 N–H and O–H groups in total. The zero-order valence-electron chi connectivity index (χ0n) is 38.5. The van der Waals surface area contributed by atoms with Crippen LogP contribution in [0.4, 0.5) is 47.1 Å². The highest BCUT2D eigenvalue weighted by Gasteiger charge is 2.35. The van der Waals surface area contributed by atoms with Crippen molar-refractivity contribution in [1.29, 1.82) is 0 Å². The van der Waals surface area contributed by atoms with Gasteiger partial charge in [0.25, 0.3) is 0 Å². The summed E-state index contributed by atoms with van der Waals surface area (Å²) in [5, 5.41) is 12.5. The van der Waals surface area contributed by atoms with Gasteiger partial charge in [0, 0.05) is 114 Å². The molecule has 8 rings (SSSR count). The second-order valence-corrected chi connectivity index (χ2v) is 15.7. The summed E-state index contributed by atoms with van der Waals surface area (Å²) in [5.41, 5.74) is 11.2. The van der Waals surface area contributed by atoms with Crippen molar-refractivity contribution in [3.8, 4) is 11.6 Å². The van der Waals surface area contributed by atoms with Gasteiger partial charge in [-0.2, -0.15) is 10.2 Å². The first-order valence-corrected chi connectivity index (χ1v) is 21.9. The third-order valence-electron chi connectivity index (χ3n) is 12.1. The molecule has 0 saturated carbocycles. The summed E-state index contributed by atoms with van der Waals surface area (Å²) in [5.74, 6) is 1.11. The van der Waals surface area contributed by atoms with Crippen LogP contribution in [-0.4, -0.2) is 128 Å². The Balaban J connectivity index is 0.000000205. The number of methoxy groups -OCH3 is 3. The van der Waals surface area contributed by atoms with Crippen LogP contribution < -0.4 is 30.3 Å². The highest BCUT2D eigenvalue weighted by molar-refractivity contribution is 5.76. The minimum Gasteiger partial charge on any atom is -0.495 e. The predicted octanol–water partition coefficient (Wildman–Crippen LogP) is 6.43. The van der Waals surface area contributed by atoms with Crippen molar-refractivity contribution in [3.63, 3.8) is 0 Å². The van der Waals surface area contributed by atoms with Crippen LogP contribution >= 0.6 is 0 Å². The van der Waals surface area contributed by atoms with Gasteiger partial charge in [-0.05, 0) is 32.6 Å². The number of nitrogen functional groups attached to an aromatic ring is 1. The number of pyridine rings is 1. The van der Waals surface area contributed by atoms with E-state index >= 15 is 0 Å². The molecule has 0 unspecified atom stereocenters. The summed E-state index contributed by atoms with van der Waals surface area (Å²) in [6.07, 6.45) is 4.48. The van der Waals surface area contributed by atoms with Crippen LogP contribution in [0.25, 0.3) is 0 Å². The van der Waals surface area contributed by atoms with Gasteiger partial charge in [-0.25, -0.2) is 23.4 Å². The second kappa shape index (κ2) is 21.2. The molecule has 0 atom stereocenters. The van der Waals surface area contributed by atoms with E-state index < -0.39 is 11.6 Å². The second-order valence-electron chi connectivity index (χ2n) is 15.7. The minimum atomic E-state index is -0.464. The number of nitrogens with two attached hydrogens (primary N) is 1. The van der Waals surface area contributed by atoms with E-state index in [-0.39, 0.29) is 35.6 Å². The molecule has 2 saturated heterocycles. The molecule has 20 heteroatoms. The van der Waals surface area contributed by atoms with E-state index in [1.165, 1.54) is 33.5 Å². The van der Waals surface area contributed by atoms with Crippen molar-refractivity contribution in [3.05, 3.63) is 58.0 Å². The van der Waals surface area contributed by atoms with Crippen LogP contribution in [0, 0.1) is 18.6 Å². The molecule has 0 radical (unpaired) electrons. The molecule has 4 aromatic rings. The molecule has 4 aliphatic heterocycles. The van der Waals surface area contributed by atoms with Crippen LogP contribution in [0.15, 0.2) is 18.2 Å². The molecule has 3 amide bonds. The van der Waals surface area contributed by atoms with Crippen molar-refractivity contribution in [1.82, 2.24) is 39.7 Å². The van der Waals surface area contributed by atoms with Crippen molar-refractivity contribution in [2.75, 3.05) is 97.5 Å². The number of carbonyl (C=O) groups excluding carboxylic acids is 2. The fourth-order valence-corrected chi connectivity index (χ4v) is 8.64. The van der Waals surface area contributed by atoms with Crippen LogP contribution in [0.2, 0.25) is 0 Å². The Hall–Kier alpha value is -5.89. The number of ether oxygens (including phenoxy) is 5. The summed E-state index contributed by atoms with van der Waals surface area (Å²) >= 11 is 0. The topological polar surface area (TPSA) is 180 Å². The Morgan fingerprint density at radius 2 is 1.30 bits per heavy atom. The highest BCUT2D eigenvalue weighted by Crippen LogP contribution is 2.40. The molecule has 3 aromatic heterocycles. The first-order chi connectivity index (χ1) is 30.9. The number of hydrogen-bond acceptors (Lipinski definition) is 13. The molecule has 64 heavy (non-hydrogen) atoms. The van der Waals surface area contributed by atoms with E-state index in [1.54, 1.807) is 46.7 Å². The summed E-state index contributed by atoms with van der Waals surface area (Å²) in [6, 6.07) is 4.54. The maximum Gasteiger partial charge on any atom is 0.409 e. The van der Waals surface area contributed by atoms with Gasteiger partial charge in [0.2, 0.25) is 5.88 Å². The average Bonchev–Trinajstić information content (AvgIpc) is 3.91. The molecular weight excluding hydrogens is 833 g/mol. The van der Waals surface area contributed by atoms with E-state index in [0.717, 1.165) is 48.2 Å². The first-order valence-electron chi connectivity index (χ1n) is 21.9. The molecule has 350 valence electrons. The van der Waals surface area contributed by atoms with Crippen molar-refractivity contribution in [2.45, 2.75) is 84.5 Å². The Morgan fingerprint density at radius 3 is 1.80 bits per heavy atom. The van der Waals surface area contributed by atoms with Gasteiger partial charge in [0.15, 0.2) is 11.6 Å². The maximum atomic E-state index is 14.9. The Bertz CT molecular complexity index is 2260. The van der Waals surface area contributed by atoms with Crippen LogP contribution in [0.3, 0.4) is 0 Å². The number of aryl methyl sites for hydroxylation is 1. The van der Waals surface area contributed by atoms with Gasteiger partial charge < -0.3 is 54.3 Å². The molecule has 2 fully saturated rings. The SMILES string of the molecule is CC.CNC(=O)N1CCc2c(c(N(C)c3cc(OC)c(N)cc3F)nn2C2CCOCC2)C1.COC(=O)N1CCc2c(c(N(C)c3cc(F)c(C)nc3OC)nn2C2CCOCC2)C1. The number of urea groups is 1. The molecule has 18 nitrogen and oxygen atoms in total. The third kappa shape index (κ3) is 9.76. The first kappa shape index (κ1) is 47.6. The number of hydrogen-bond donors (Lipinski definition) is 2. The van der Waals surface area contributed by atoms with Gasteiger partial charge in [-0.3, -0.25) is 9.36 Å². The van der Waals surface area contributed by atoms with Gasteiger partial charge in [0.05, 0.1) is 63.6 Å². The third-order valence-corrected chi connectivity index (χ3v) is 12.1. The number of benzene rings is 1. The number of aromatic nitrogens is 5. The van der Waals surface area contributed by atoms with Crippen LogP contribution in [-0.2, 0) is 40.1 Å². The van der Waals surface area contributed by atoms with Crippen LogP contribution in [0.5, 0.6) is 11.6 Å². The van der Waals surface area contributed by atoms with Crippen molar-refractivity contribution < 1.29 is 42.1 Å². The Kier molecular flexibility index (Phi) is 15.8. The lowest BCUT2D eigenvalue weighted by Crippen LogP contribution is -2.41. The number of nitrogens with one attached hydrogen (secondary N) is 1. The Morgan fingerprint density at radius 1 is 0.781 bits per heavy atom. The summed E-state index contributed by atoms with van der Waals surface area (Å²) in [7, 11) is 9.57. The van der Waals surface area contributed by atoms with Gasteiger partial charge in [-0.15, -0.1) is 0 Å². The number of nitrogens with zero attached hydrogens (tertiary/aromatic N) is 9. The monoisotopic (exact) mass is 895 g/mol. The van der Waals surface area contributed by atoms with E-state index in [0.29, 0.717) is 100 Å². The lowest BCUT2D eigenvalue weighted by atomic mass is 10.0. The zero-order chi connectivity index (χ0) is 46.2. The highest BCUT2D eigenvalue weighted by atomic mass is 19.1. The molecule has 0 bridgehead atoms. The zero-order valence-corrected chi connectivity index (χ0v) is 38.5. The molecular formula is C44H63F2N11O7. The molecule has 0 aliphatic carbocycles. The largest absolute Gasteiger partial charge is 0.495 e. The summed E-state index contributed by atoms with van der Waals surface area (Å²) < 4.78 is 60.0. The van der Waals surface area contributed by atoms with Crippen molar-refractivity contribution >= 4 is 40.8 Å². The number of fused-ring (bicyclic) bond motifs is 2. The average molecular weight is 896 g/mol. The van der Waals surface area contributed by atoms with E-state index in [1.807, 2.05) is 20.9 Å². The van der Waals surface area contributed by atoms with Gasteiger partial charge in [0.1, 0.15) is 23.1 Å².